The molecule has 1 aromatic heterocycles. The van der Waals surface area contributed by atoms with Crippen LogP contribution in [0.15, 0.2) is 23.4 Å². The normalized spacial score (nSPS) is 23.7. The molecular formula is C13H16N2O2S. The van der Waals surface area contributed by atoms with Gasteiger partial charge in [-0.1, -0.05) is 5.92 Å². The topological polar surface area (TPSA) is 56.6 Å². The highest BCUT2D eigenvalue weighted by molar-refractivity contribution is 7.97. The Hall–Kier alpha value is -1.06. The molecule has 1 fully saturated rings. The molecule has 1 aliphatic heterocycles. The second-order valence-corrected chi connectivity index (χ2v) is 5.46. The summed E-state index contributed by atoms with van der Waals surface area (Å²) in [4.78, 5) is 4.31. The number of aliphatic hydroxyl groups is 2. The third-order valence-corrected chi connectivity index (χ3v) is 3.82. The first-order chi connectivity index (χ1) is 8.65. The van der Waals surface area contributed by atoms with E-state index in [9.17, 15) is 5.11 Å². The summed E-state index contributed by atoms with van der Waals surface area (Å²) in [5.41, 5.74) is -0.0594. The Bertz CT molecular complexity index is 466. The summed E-state index contributed by atoms with van der Waals surface area (Å²) in [5.74, 6) is 5.77. The molecule has 0 bridgehead atoms. The fraction of sp³-hybridized carbons (Fsp3) is 0.462. The number of pyridine rings is 1. The quantitative estimate of drug-likeness (QED) is 0.627. The van der Waals surface area contributed by atoms with Crippen LogP contribution in [0.4, 0.5) is 0 Å². The third-order valence-electron chi connectivity index (χ3n) is 2.82. The fourth-order valence-electron chi connectivity index (χ4n) is 1.81. The van der Waals surface area contributed by atoms with Crippen LogP contribution < -0.4 is 0 Å². The van der Waals surface area contributed by atoms with Crippen LogP contribution in [0.1, 0.15) is 18.9 Å². The molecule has 1 aromatic rings. The minimum atomic E-state index is -0.958. The first-order valence-electron chi connectivity index (χ1n) is 5.80. The van der Waals surface area contributed by atoms with Gasteiger partial charge in [-0.3, -0.25) is 0 Å². The Kier molecular flexibility index (Phi) is 4.25. The molecule has 0 spiro atoms. The molecule has 0 radical (unpaired) electrons. The van der Waals surface area contributed by atoms with Gasteiger partial charge in [-0.25, -0.2) is 9.29 Å². The van der Waals surface area contributed by atoms with Crippen molar-refractivity contribution in [2.45, 2.75) is 24.0 Å². The molecule has 2 N–H and O–H groups in total. The lowest BCUT2D eigenvalue weighted by molar-refractivity contribution is -0.000273. The molecule has 4 nitrogen and oxygen atoms in total. The summed E-state index contributed by atoms with van der Waals surface area (Å²) in [6.07, 6.45) is 2.34. The van der Waals surface area contributed by atoms with E-state index in [0.29, 0.717) is 13.0 Å². The highest BCUT2D eigenvalue weighted by atomic mass is 32.2. The first-order valence-corrected chi connectivity index (χ1v) is 6.57. The monoisotopic (exact) mass is 264 g/mol. The minimum Gasteiger partial charge on any atom is -0.393 e. The molecule has 18 heavy (non-hydrogen) atoms. The number of hydrogen-bond acceptors (Lipinski definition) is 5. The van der Waals surface area contributed by atoms with E-state index in [1.54, 1.807) is 13.1 Å². The molecule has 5 heteroatoms. The number of aliphatic hydroxyl groups excluding tert-OH is 1. The van der Waals surface area contributed by atoms with Crippen LogP contribution in [0, 0.1) is 11.8 Å². The summed E-state index contributed by atoms with van der Waals surface area (Å²) in [7, 11) is 0. The van der Waals surface area contributed by atoms with Gasteiger partial charge in [0.2, 0.25) is 0 Å². The molecule has 0 aliphatic carbocycles. The molecule has 0 saturated carbocycles. The Morgan fingerprint density at radius 2 is 2.39 bits per heavy atom. The van der Waals surface area contributed by atoms with Crippen LogP contribution in [-0.4, -0.2) is 44.8 Å². The van der Waals surface area contributed by atoms with Crippen molar-refractivity contribution >= 4 is 11.9 Å². The average molecular weight is 264 g/mol. The summed E-state index contributed by atoms with van der Waals surface area (Å²) >= 11 is 1.50. The zero-order valence-electron chi connectivity index (χ0n) is 10.3. The summed E-state index contributed by atoms with van der Waals surface area (Å²) < 4.78 is 2.02. The van der Waals surface area contributed by atoms with Crippen molar-refractivity contribution in [2.24, 2.45) is 0 Å². The molecule has 2 heterocycles. The molecule has 1 atom stereocenters. The minimum absolute atomic E-state index is 0.192. The van der Waals surface area contributed by atoms with Gasteiger partial charge >= 0.3 is 0 Å². The Balaban J connectivity index is 1.96. The number of nitrogens with zero attached hydrogens (tertiary/aromatic N) is 2. The number of aromatic nitrogens is 1. The van der Waals surface area contributed by atoms with Crippen LogP contribution >= 0.6 is 11.9 Å². The zero-order valence-corrected chi connectivity index (χ0v) is 11.1. The van der Waals surface area contributed by atoms with E-state index in [-0.39, 0.29) is 6.61 Å². The zero-order chi connectivity index (χ0) is 13.0. The van der Waals surface area contributed by atoms with Gasteiger partial charge in [0, 0.05) is 24.8 Å². The van der Waals surface area contributed by atoms with E-state index < -0.39 is 5.60 Å². The van der Waals surface area contributed by atoms with E-state index in [1.165, 1.54) is 11.9 Å². The van der Waals surface area contributed by atoms with Gasteiger partial charge in [0.25, 0.3) is 0 Å². The molecular weight excluding hydrogens is 248 g/mol. The SMILES string of the molecule is CC#Cc1ccc(SN2CCC(O)(CO)C2)nc1. The van der Waals surface area contributed by atoms with E-state index in [4.69, 9.17) is 5.11 Å². The van der Waals surface area contributed by atoms with Crippen molar-refractivity contribution in [2.75, 3.05) is 19.7 Å². The van der Waals surface area contributed by atoms with Gasteiger partial charge in [0.05, 0.1) is 6.61 Å². The van der Waals surface area contributed by atoms with E-state index in [2.05, 4.69) is 16.8 Å². The van der Waals surface area contributed by atoms with E-state index in [1.807, 2.05) is 16.4 Å². The largest absolute Gasteiger partial charge is 0.393 e. The Morgan fingerprint density at radius 1 is 1.56 bits per heavy atom. The standard InChI is InChI=1S/C13H16N2O2S/c1-2-3-11-4-5-12(14-8-11)18-15-7-6-13(17,9-15)10-16/h4-5,8,16-17H,6-7,9-10H2,1H3. The van der Waals surface area contributed by atoms with Gasteiger partial charge < -0.3 is 10.2 Å². The third kappa shape index (κ3) is 3.24. The van der Waals surface area contributed by atoms with Crippen molar-refractivity contribution < 1.29 is 10.2 Å². The average Bonchev–Trinajstić information content (AvgIpc) is 2.75. The smallest absolute Gasteiger partial charge is 0.111 e. The lowest BCUT2D eigenvalue weighted by atomic mass is 10.1. The van der Waals surface area contributed by atoms with Crippen LogP contribution in [0.2, 0.25) is 0 Å². The summed E-state index contributed by atoms with van der Waals surface area (Å²) in [6, 6.07) is 3.85. The Labute approximate surface area is 111 Å². The van der Waals surface area contributed by atoms with E-state index in [0.717, 1.165) is 17.1 Å². The molecule has 1 unspecified atom stereocenters. The first kappa shape index (κ1) is 13.4. The predicted octanol–water partition coefficient (Wildman–Crippen LogP) is 0.889. The second-order valence-electron chi connectivity index (χ2n) is 4.35. The van der Waals surface area contributed by atoms with Crippen molar-refractivity contribution in [3.8, 4) is 11.8 Å². The molecule has 96 valence electrons. The maximum Gasteiger partial charge on any atom is 0.111 e. The van der Waals surface area contributed by atoms with Gasteiger partial charge in [-0.05, 0) is 37.4 Å². The Morgan fingerprint density at radius 3 is 2.94 bits per heavy atom. The fourth-order valence-corrected chi connectivity index (χ4v) is 2.79. The van der Waals surface area contributed by atoms with Crippen LogP contribution in [-0.2, 0) is 0 Å². The van der Waals surface area contributed by atoms with Crippen molar-refractivity contribution in [3.63, 3.8) is 0 Å². The van der Waals surface area contributed by atoms with E-state index >= 15 is 0 Å². The van der Waals surface area contributed by atoms with Crippen molar-refractivity contribution in [1.82, 2.24) is 9.29 Å². The van der Waals surface area contributed by atoms with Crippen LogP contribution in [0.5, 0.6) is 0 Å². The maximum absolute atomic E-state index is 9.92. The summed E-state index contributed by atoms with van der Waals surface area (Å²) in [6.45, 7) is 2.82. The lowest BCUT2D eigenvalue weighted by Gasteiger charge is -2.19. The van der Waals surface area contributed by atoms with Crippen LogP contribution in [0.25, 0.3) is 0 Å². The molecule has 0 amide bonds. The number of rotatable bonds is 3. The number of hydrogen-bond donors (Lipinski definition) is 2. The van der Waals surface area contributed by atoms with Gasteiger partial charge in [0.1, 0.15) is 10.6 Å². The second kappa shape index (κ2) is 5.72. The lowest BCUT2D eigenvalue weighted by Crippen LogP contribution is -2.35. The predicted molar refractivity (Wildman–Crippen MR) is 70.9 cm³/mol. The molecule has 1 aliphatic rings. The molecule has 2 rings (SSSR count). The molecule has 1 saturated heterocycles. The molecule has 0 aromatic carbocycles. The van der Waals surface area contributed by atoms with Crippen LogP contribution in [0.3, 0.4) is 0 Å². The number of β-amino-alcohol motifs (C(OH)–C–C–N with tert-alkyl or cyclic N) is 1. The highest BCUT2D eigenvalue weighted by Gasteiger charge is 2.35. The maximum atomic E-state index is 9.92. The highest BCUT2D eigenvalue weighted by Crippen LogP contribution is 2.30. The van der Waals surface area contributed by atoms with Gasteiger partial charge in [-0.15, -0.1) is 5.92 Å². The van der Waals surface area contributed by atoms with Crippen molar-refractivity contribution in [3.05, 3.63) is 23.9 Å². The van der Waals surface area contributed by atoms with Crippen molar-refractivity contribution in [1.29, 1.82) is 0 Å². The van der Waals surface area contributed by atoms with Gasteiger partial charge in [0.15, 0.2) is 0 Å². The summed E-state index contributed by atoms with van der Waals surface area (Å²) in [5, 5.41) is 19.9. The van der Waals surface area contributed by atoms with Gasteiger partial charge in [-0.2, -0.15) is 0 Å².